The fraction of sp³-hybridized carbons (Fsp3) is 1.00. The van der Waals surface area contributed by atoms with Gasteiger partial charge in [0.15, 0.2) is 25.2 Å². The van der Waals surface area contributed by atoms with Gasteiger partial charge in [-0.1, -0.05) is 0 Å². The molecule has 0 spiro atoms. The summed E-state index contributed by atoms with van der Waals surface area (Å²) in [6.07, 6.45) is -9.32. The van der Waals surface area contributed by atoms with Crippen LogP contribution in [0.5, 0.6) is 0 Å². The van der Waals surface area contributed by atoms with Gasteiger partial charge in [-0.25, -0.2) is 0 Å². The van der Waals surface area contributed by atoms with Crippen LogP contribution in [0.3, 0.4) is 0 Å². The Morgan fingerprint density at radius 2 is 0.949 bits per heavy atom. The van der Waals surface area contributed by atoms with Crippen LogP contribution in [0.25, 0.3) is 0 Å². The van der Waals surface area contributed by atoms with Crippen molar-refractivity contribution >= 4 is 0 Å². The van der Waals surface area contributed by atoms with Crippen LogP contribution in [0.1, 0.15) is 53.4 Å². The Labute approximate surface area is 229 Å². The number of methoxy groups -OCH3 is 2. The first-order valence-electron chi connectivity index (χ1n) is 13.9. The predicted octanol–water partition coefficient (Wildman–Crippen LogP) is -0.213. The first-order valence-corrected chi connectivity index (χ1v) is 13.9. The lowest BCUT2D eigenvalue weighted by atomic mass is 9.99. The van der Waals surface area contributed by atoms with Crippen LogP contribution >= 0.6 is 0 Å². The second kappa shape index (κ2) is 13.6. The topological polar surface area (TPSA) is 164 Å². The van der Waals surface area contributed by atoms with Crippen molar-refractivity contribution in [3.8, 4) is 0 Å². The van der Waals surface area contributed by atoms with E-state index in [1.807, 2.05) is 6.92 Å². The molecule has 0 amide bonds. The van der Waals surface area contributed by atoms with Crippen molar-refractivity contribution in [3.63, 3.8) is 0 Å². The Morgan fingerprint density at radius 3 is 1.49 bits per heavy atom. The van der Waals surface area contributed by atoms with E-state index in [1.54, 1.807) is 27.9 Å². The average molecular weight is 567 g/mol. The van der Waals surface area contributed by atoms with Gasteiger partial charge in [-0.3, -0.25) is 0 Å². The molecule has 13 heteroatoms. The van der Waals surface area contributed by atoms with E-state index in [4.69, 9.17) is 42.6 Å². The molecule has 4 heterocycles. The van der Waals surface area contributed by atoms with E-state index in [0.717, 1.165) is 0 Å². The summed E-state index contributed by atoms with van der Waals surface area (Å²) in [5.74, 6) is 0. The predicted molar refractivity (Wildman–Crippen MR) is 132 cm³/mol. The van der Waals surface area contributed by atoms with Crippen molar-refractivity contribution in [2.75, 3.05) is 14.2 Å². The van der Waals surface area contributed by atoms with Gasteiger partial charge in [0.25, 0.3) is 0 Å². The van der Waals surface area contributed by atoms with Crippen molar-refractivity contribution in [1.82, 2.24) is 0 Å². The maximum atomic E-state index is 10.9. The van der Waals surface area contributed by atoms with Crippen LogP contribution in [-0.4, -0.2) is 133 Å². The number of hydrogen-bond donors (Lipinski definition) is 4. The first kappa shape index (κ1) is 31.4. The molecule has 13 nitrogen and oxygen atoms in total. The molecule has 0 saturated carbocycles. The highest BCUT2D eigenvalue weighted by Gasteiger charge is 2.46. The van der Waals surface area contributed by atoms with E-state index in [1.165, 1.54) is 7.11 Å². The smallest absolute Gasteiger partial charge is 0.161 e. The zero-order chi connectivity index (χ0) is 28.4. The summed E-state index contributed by atoms with van der Waals surface area (Å²) in [7, 11) is 3.11. The van der Waals surface area contributed by atoms with Crippen molar-refractivity contribution in [2.24, 2.45) is 0 Å². The van der Waals surface area contributed by atoms with Crippen LogP contribution in [0.15, 0.2) is 0 Å². The Balaban J connectivity index is 1.30. The average Bonchev–Trinajstić information content (AvgIpc) is 2.87. The molecule has 4 aliphatic heterocycles. The summed E-state index contributed by atoms with van der Waals surface area (Å²) in [5, 5.41) is 41.2. The molecule has 16 atom stereocenters. The Morgan fingerprint density at radius 1 is 0.513 bits per heavy atom. The minimum absolute atomic E-state index is 0.0573. The zero-order valence-corrected chi connectivity index (χ0v) is 23.5. The van der Waals surface area contributed by atoms with Gasteiger partial charge < -0.3 is 63.1 Å². The van der Waals surface area contributed by atoms with Gasteiger partial charge in [-0.2, -0.15) is 0 Å². The molecule has 228 valence electrons. The summed E-state index contributed by atoms with van der Waals surface area (Å²) in [5.41, 5.74) is 0. The SMILES string of the molecule is CO[C@H]1C[C@H](O[C@H]2[C@@H](O)C[C@H](O[C@@H]3[C@@H](C)O[C@@H](O[C@H]4[C@@H](O)C[C@H](O)O[C@@H]4C)C[C@H]3OC)O[C@@H]2C)O[C@H](C)[C@H]1O. The Hall–Kier alpha value is -0.520. The minimum atomic E-state index is -1.03. The number of hydrogen-bond acceptors (Lipinski definition) is 13. The summed E-state index contributed by atoms with van der Waals surface area (Å²) >= 11 is 0. The van der Waals surface area contributed by atoms with Crippen LogP contribution in [0.2, 0.25) is 0 Å². The van der Waals surface area contributed by atoms with E-state index in [0.29, 0.717) is 12.8 Å². The fourth-order valence-corrected chi connectivity index (χ4v) is 5.91. The molecular weight excluding hydrogens is 520 g/mol. The minimum Gasteiger partial charge on any atom is -0.390 e. The second-order valence-corrected chi connectivity index (χ2v) is 11.0. The molecule has 4 rings (SSSR count). The lowest BCUT2D eigenvalue weighted by molar-refractivity contribution is -0.343. The summed E-state index contributed by atoms with van der Waals surface area (Å²) in [6.45, 7) is 7.11. The van der Waals surface area contributed by atoms with Gasteiger partial charge in [0.05, 0.1) is 48.8 Å². The number of ether oxygens (including phenoxy) is 9. The molecule has 4 N–H and O–H groups in total. The summed E-state index contributed by atoms with van der Waals surface area (Å²) in [4.78, 5) is 0. The van der Waals surface area contributed by atoms with Crippen molar-refractivity contribution in [3.05, 3.63) is 0 Å². The third-order valence-corrected chi connectivity index (χ3v) is 8.10. The van der Waals surface area contributed by atoms with Crippen molar-refractivity contribution in [1.29, 1.82) is 0 Å². The highest BCUT2D eigenvalue weighted by Crippen LogP contribution is 2.34. The zero-order valence-electron chi connectivity index (χ0n) is 23.5. The van der Waals surface area contributed by atoms with E-state index < -0.39 is 98.4 Å². The quantitative estimate of drug-likeness (QED) is 0.305. The van der Waals surface area contributed by atoms with Crippen LogP contribution < -0.4 is 0 Å². The maximum Gasteiger partial charge on any atom is 0.161 e. The molecule has 0 aromatic heterocycles. The molecular formula is C26H46O13. The first-order chi connectivity index (χ1) is 18.5. The van der Waals surface area contributed by atoms with E-state index >= 15 is 0 Å². The Kier molecular flexibility index (Phi) is 11.0. The molecule has 4 aliphatic rings. The monoisotopic (exact) mass is 566 g/mol. The molecule has 0 aliphatic carbocycles. The van der Waals surface area contributed by atoms with Gasteiger partial charge in [0, 0.05) is 39.9 Å². The van der Waals surface area contributed by atoms with Gasteiger partial charge in [0.1, 0.15) is 24.4 Å². The number of aliphatic hydroxyl groups is 4. The molecule has 39 heavy (non-hydrogen) atoms. The molecule has 4 fully saturated rings. The van der Waals surface area contributed by atoms with Gasteiger partial charge >= 0.3 is 0 Å². The third-order valence-electron chi connectivity index (χ3n) is 8.10. The molecule has 0 unspecified atom stereocenters. The third kappa shape index (κ3) is 7.47. The van der Waals surface area contributed by atoms with Crippen molar-refractivity contribution in [2.45, 2.75) is 152 Å². The van der Waals surface area contributed by atoms with Crippen LogP contribution in [0, 0.1) is 0 Å². The van der Waals surface area contributed by atoms with Crippen molar-refractivity contribution < 1.29 is 63.1 Å². The van der Waals surface area contributed by atoms with Crippen LogP contribution in [0.4, 0.5) is 0 Å². The highest BCUT2D eigenvalue weighted by atomic mass is 16.7. The summed E-state index contributed by atoms with van der Waals surface area (Å²) < 4.78 is 52.7. The van der Waals surface area contributed by atoms with Crippen LogP contribution in [-0.2, 0) is 42.6 Å². The van der Waals surface area contributed by atoms with E-state index in [9.17, 15) is 20.4 Å². The number of aliphatic hydroxyl groups excluding tert-OH is 4. The lowest BCUT2D eigenvalue weighted by Crippen LogP contribution is -2.57. The molecule has 0 aromatic rings. The van der Waals surface area contributed by atoms with E-state index in [2.05, 4.69) is 0 Å². The molecule has 0 radical (unpaired) electrons. The van der Waals surface area contributed by atoms with E-state index in [-0.39, 0.29) is 12.8 Å². The maximum absolute atomic E-state index is 10.9. The van der Waals surface area contributed by atoms with Gasteiger partial charge in [-0.15, -0.1) is 0 Å². The summed E-state index contributed by atoms with van der Waals surface area (Å²) in [6, 6.07) is 0. The van der Waals surface area contributed by atoms with Gasteiger partial charge in [-0.05, 0) is 27.7 Å². The Bertz CT molecular complexity index is 735. The van der Waals surface area contributed by atoms with Gasteiger partial charge in [0.2, 0.25) is 0 Å². The fourth-order valence-electron chi connectivity index (χ4n) is 5.91. The molecule has 0 bridgehead atoms. The largest absolute Gasteiger partial charge is 0.390 e. The lowest BCUT2D eigenvalue weighted by Gasteiger charge is -2.46. The molecule has 0 aromatic carbocycles. The molecule has 4 saturated heterocycles. The highest BCUT2D eigenvalue weighted by molar-refractivity contribution is 4.89. The number of rotatable bonds is 8. The normalized spacial score (nSPS) is 51.5. The second-order valence-electron chi connectivity index (χ2n) is 11.0. The standard InChI is InChI=1S/C26H46O13/c1-11-23(30)17(31-5)9-21(34-11)37-25-13(3)35-20(8-16(25)28)39-26-14(4)36-22(10-18(26)32-6)38-24-12(2)33-19(29)7-15(24)27/h11-30H,7-10H2,1-6H3/t11-,12-,13-,14-,15+,16+,17+,18-,19-,20+,21+,22+,23-,24-,25-,26-/m1/s1.